The quantitative estimate of drug-likeness (QED) is 0.615. The fourth-order valence-electron chi connectivity index (χ4n) is 2.01. The molecule has 0 saturated carbocycles. The van der Waals surface area contributed by atoms with Crippen LogP contribution in [0.4, 0.5) is 0 Å². The lowest BCUT2D eigenvalue weighted by Gasteiger charge is -2.17. The molecular formula is C15H21Br. The summed E-state index contributed by atoms with van der Waals surface area (Å²) < 4.78 is 1.22. The highest BCUT2D eigenvalue weighted by molar-refractivity contribution is 9.10. The highest BCUT2D eigenvalue weighted by Gasteiger charge is 2.11. The number of allylic oxidation sites excluding steroid dienone is 2. The van der Waals surface area contributed by atoms with E-state index in [2.05, 4.69) is 67.1 Å². The number of benzene rings is 1. The van der Waals surface area contributed by atoms with E-state index < -0.39 is 0 Å². The van der Waals surface area contributed by atoms with E-state index in [0.29, 0.717) is 5.92 Å². The van der Waals surface area contributed by atoms with Gasteiger partial charge in [-0.25, -0.2) is 0 Å². The van der Waals surface area contributed by atoms with Gasteiger partial charge in [0.2, 0.25) is 0 Å². The second-order valence-electron chi connectivity index (χ2n) is 4.17. The van der Waals surface area contributed by atoms with Crippen LogP contribution in [0.5, 0.6) is 0 Å². The van der Waals surface area contributed by atoms with E-state index in [1.54, 1.807) is 0 Å². The molecule has 0 N–H and O–H groups in total. The molecule has 1 heteroatoms. The summed E-state index contributed by atoms with van der Waals surface area (Å²) >= 11 is 3.61. The van der Waals surface area contributed by atoms with Crippen molar-refractivity contribution in [2.24, 2.45) is 0 Å². The van der Waals surface area contributed by atoms with Gasteiger partial charge in [-0.3, -0.25) is 0 Å². The molecule has 0 aliphatic rings. The van der Waals surface area contributed by atoms with Crippen molar-refractivity contribution in [2.75, 3.05) is 0 Å². The van der Waals surface area contributed by atoms with Crippen molar-refractivity contribution in [1.29, 1.82) is 0 Å². The van der Waals surface area contributed by atoms with E-state index in [1.165, 1.54) is 22.0 Å². The highest BCUT2D eigenvalue weighted by Crippen LogP contribution is 2.30. The topological polar surface area (TPSA) is 0 Å². The van der Waals surface area contributed by atoms with Gasteiger partial charge in [0.05, 0.1) is 0 Å². The Morgan fingerprint density at radius 3 is 2.62 bits per heavy atom. The molecule has 0 amide bonds. The largest absolute Gasteiger partial charge is 0.0888 e. The van der Waals surface area contributed by atoms with E-state index >= 15 is 0 Å². The second kappa shape index (κ2) is 6.90. The summed E-state index contributed by atoms with van der Waals surface area (Å²) in [4.78, 5) is 0. The molecule has 0 fully saturated rings. The third-order valence-electron chi connectivity index (χ3n) is 3.07. The normalized spacial score (nSPS) is 13.2. The predicted molar refractivity (Wildman–Crippen MR) is 76.0 cm³/mol. The zero-order chi connectivity index (χ0) is 12.0. The molecule has 0 bridgehead atoms. The van der Waals surface area contributed by atoms with Crippen molar-refractivity contribution in [1.82, 2.24) is 0 Å². The van der Waals surface area contributed by atoms with Crippen LogP contribution in [-0.2, 0) is 0 Å². The summed E-state index contributed by atoms with van der Waals surface area (Å²) in [6, 6.07) is 6.51. The molecule has 1 aromatic rings. The molecule has 1 rings (SSSR count). The van der Waals surface area contributed by atoms with Gasteiger partial charge in [0.1, 0.15) is 0 Å². The van der Waals surface area contributed by atoms with Crippen molar-refractivity contribution < 1.29 is 0 Å². The predicted octanol–water partition coefficient (Wildman–Crippen LogP) is 5.61. The van der Waals surface area contributed by atoms with Crippen molar-refractivity contribution >= 4 is 15.9 Å². The molecule has 88 valence electrons. The Kier molecular flexibility index (Phi) is 5.83. The maximum atomic E-state index is 3.61. The summed E-state index contributed by atoms with van der Waals surface area (Å²) in [6.07, 6.45) is 8.06. The van der Waals surface area contributed by atoms with E-state index in [9.17, 15) is 0 Å². The molecule has 1 unspecified atom stereocenters. The minimum absolute atomic E-state index is 0.653. The summed E-state index contributed by atoms with van der Waals surface area (Å²) in [5.74, 6) is 0.653. The number of halogens is 1. The zero-order valence-electron chi connectivity index (χ0n) is 10.5. The maximum absolute atomic E-state index is 3.61. The van der Waals surface area contributed by atoms with E-state index in [1.807, 2.05) is 0 Å². The summed E-state index contributed by atoms with van der Waals surface area (Å²) in [7, 11) is 0. The molecular weight excluding hydrogens is 260 g/mol. The molecule has 16 heavy (non-hydrogen) atoms. The molecule has 0 aliphatic heterocycles. The van der Waals surface area contributed by atoms with Gasteiger partial charge < -0.3 is 0 Å². The third kappa shape index (κ3) is 3.48. The Hall–Kier alpha value is -0.560. The molecule has 1 atom stereocenters. The zero-order valence-corrected chi connectivity index (χ0v) is 12.0. The van der Waals surface area contributed by atoms with Crippen LogP contribution in [0, 0.1) is 6.92 Å². The van der Waals surface area contributed by atoms with Gasteiger partial charge in [-0.05, 0) is 49.3 Å². The average molecular weight is 281 g/mol. The fourth-order valence-corrected chi connectivity index (χ4v) is 2.39. The lowest BCUT2D eigenvalue weighted by Crippen LogP contribution is -1.99. The first-order chi connectivity index (χ1) is 7.70. The van der Waals surface area contributed by atoms with Crippen LogP contribution >= 0.6 is 15.9 Å². The smallest absolute Gasteiger partial charge is 0.0207 e. The molecule has 1 aromatic carbocycles. The maximum Gasteiger partial charge on any atom is 0.0207 e. The van der Waals surface area contributed by atoms with Gasteiger partial charge in [0.15, 0.2) is 0 Å². The molecule has 0 heterocycles. The van der Waals surface area contributed by atoms with Crippen molar-refractivity contribution in [3.63, 3.8) is 0 Å². The summed E-state index contributed by atoms with van der Waals surface area (Å²) in [5.41, 5.74) is 2.87. The highest BCUT2D eigenvalue weighted by atomic mass is 79.9. The van der Waals surface area contributed by atoms with Crippen LogP contribution in [0.1, 0.15) is 50.2 Å². The Labute approximate surface area is 108 Å². The lowest BCUT2D eigenvalue weighted by atomic mass is 9.90. The second-order valence-corrected chi connectivity index (χ2v) is 5.03. The van der Waals surface area contributed by atoms with Gasteiger partial charge in [0, 0.05) is 4.47 Å². The van der Waals surface area contributed by atoms with E-state index in [4.69, 9.17) is 0 Å². The summed E-state index contributed by atoms with van der Waals surface area (Å²) in [5, 5.41) is 0. The first kappa shape index (κ1) is 13.5. The van der Waals surface area contributed by atoms with Crippen LogP contribution in [-0.4, -0.2) is 0 Å². The Morgan fingerprint density at radius 2 is 2.00 bits per heavy atom. The minimum Gasteiger partial charge on any atom is -0.0888 e. The molecule has 0 aromatic heterocycles. The fraction of sp³-hybridized carbons (Fsp3) is 0.467. The molecule has 0 aliphatic carbocycles. The Balaban J connectivity index is 2.86. The van der Waals surface area contributed by atoms with Gasteiger partial charge >= 0.3 is 0 Å². The molecule has 0 nitrogen and oxygen atoms in total. The lowest BCUT2D eigenvalue weighted by molar-refractivity contribution is 0.668. The van der Waals surface area contributed by atoms with Gasteiger partial charge in [-0.15, -0.1) is 0 Å². The first-order valence-electron chi connectivity index (χ1n) is 6.10. The van der Waals surface area contributed by atoms with Crippen LogP contribution in [0.15, 0.2) is 34.8 Å². The van der Waals surface area contributed by atoms with E-state index in [0.717, 1.165) is 12.8 Å². The van der Waals surface area contributed by atoms with E-state index in [-0.39, 0.29) is 0 Å². The number of hydrogen-bond donors (Lipinski definition) is 0. The van der Waals surface area contributed by atoms with Crippen LogP contribution in [0.2, 0.25) is 0 Å². The van der Waals surface area contributed by atoms with Crippen molar-refractivity contribution in [3.8, 4) is 0 Å². The van der Waals surface area contributed by atoms with Crippen LogP contribution in [0.3, 0.4) is 0 Å². The van der Waals surface area contributed by atoms with Crippen molar-refractivity contribution in [2.45, 2.75) is 46.0 Å². The Morgan fingerprint density at radius 1 is 1.25 bits per heavy atom. The van der Waals surface area contributed by atoms with Gasteiger partial charge in [-0.1, -0.05) is 54.1 Å². The monoisotopic (exact) mass is 280 g/mol. The molecule has 0 radical (unpaired) electrons. The van der Waals surface area contributed by atoms with Gasteiger partial charge in [-0.2, -0.15) is 0 Å². The molecule has 0 saturated heterocycles. The molecule has 0 spiro atoms. The number of hydrogen-bond acceptors (Lipinski definition) is 0. The van der Waals surface area contributed by atoms with Gasteiger partial charge in [0.25, 0.3) is 0 Å². The Bertz CT molecular complexity index is 352. The standard InChI is InChI=1S/C15H21Br/c1-4-6-7-9-13(5-2)14-10-8-11-15(16)12(14)3/h6-8,10-11,13H,4-5,9H2,1-3H3/b7-6-. The summed E-state index contributed by atoms with van der Waals surface area (Å²) in [6.45, 7) is 6.65. The van der Waals surface area contributed by atoms with Crippen LogP contribution in [0.25, 0.3) is 0 Å². The first-order valence-corrected chi connectivity index (χ1v) is 6.90. The minimum atomic E-state index is 0.653. The SMILES string of the molecule is CC/C=C\CC(CC)c1cccc(Br)c1C. The average Bonchev–Trinajstić information content (AvgIpc) is 2.29. The van der Waals surface area contributed by atoms with Crippen LogP contribution < -0.4 is 0 Å². The van der Waals surface area contributed by atoms with Crippen molar-refractivity contribution in [3.05, 3.63) is 46.0 Å². The third-order valence-corrected chi connectivity index (χ3v) is 3.92. The number of rotatable bonds is 5.